The Morgan fingerprint density at radius 3 is 2.67 bits per heavy atom. The van der Waals surface area contributed by atoms with Crippen molar-refractivity contribution in [2.45, 2.75) is 33.1 Å². The van der Waals surface area contributed by atoms with E-state index in [1.54, 1.807) is 0 Å². The molecule has 100 valence electrons. The minimum atomic E-state index is 0.819. The number of hydrogen-bond acceptors (Lipinski definition) is 4. The van der Waals surface area contributed by atoms with Gasteiger partial charge in [-0.25, -0.2) is 9.97 Å². The molecule has 1 aliphatic rings. The van der Waals surface area contributed by atoms with E-state index < -0.39 is 0 Å². The third-order valence-electron chi connectivity index (χ3n) is 3.63. The average Bonchev–Trinajstić information content (AvgIpc) is 2.39. The SMILES string of the molecule is CCc1nc(C)cc(N2CCC(CNC)CC2)n1. The number of piperidine rings is 1. The zero-order valence-corrected chi connectivity index (χ0v) is 11.7. The lowest BCUT2D eigenvalue weighted by Crippen LogP contribution is -2.37. The number of aromatic nitrogens is 2. The third kappa shape index (κ3) is 3.19. The van der Waals surface area contributed by atoms with Crippen LogP contribution in [-0.4, -0.2) is 36.6 Å². The number of nitrogens with one attached hydrogen (secondary N) is 1. The highest BCUT2D eigenvalue weighted by molar-refractivity contribution is 5.40. The van der Waals surface area contributed by atoms with Gasteiger partial charge in [0.2, 0.25) is 0 Å². The zero-order valence-electron chi connectivity index (χ0n) is 11.7. The second kappa shape index (κ2) is 6.14. The van der Waals surface area contributed by atoms with Crippen molar-refractivity contribution in [1.82, 2.24) is 15.3 Å². The predicted octanol–water partition coefficient (Wildman–Crippen LogP) is 1.78. The van der Waals surface area contributed by atoms with Gasteiger partial charge in [0.25, 0.3) is 0 Å². The van der Waals surface area contributed by atoms with Crippen molar-refractivity contribution in [3.63, 3.8) is 0 Å². The summed E-state index contributed by atoms with van der Waals surface area (Å²) in [7, 11) is 2.04. The van der Waals surface area contributed by atoms with E-state index in [9.17, 15) is 0 Å². The molecule has 0 radical (unpaired) electrons. The van der Waals surface area contributed by atoms with Crippen molar-refractivity contribution >= 4 is 5.82 Å². The van der Waals surface area contributed by atoms with Crippen LogP contribution in [-0.2, 0) is 6.42 Å². The number of nitrogens with zero attached hydrogens (tertiary/aromatic N) is 3. The Labute approximate surface area is 110 Å². The van der Waals surface area contributed by atoms with Crippen LogP contribution < -0.4 is 10.2 Å². The van der Waals surface area contributed by atoms with E-state index in [0.29, 0.717) is 0 Å². The Morgan fingerprint density at radius 1 is 1.33 bits per heavy atom. The van der Waals surface area contributed by atoms with Crippen LogP contribution in [0.25, 0.3) is 0 Å². The Kier molecular flexibility index (Phi) is 4.53. The van der Waals surface area contributed by atoms with Crippen LogP contribution in [0.3, 0.4) is 0 Å². The van der Waals surface area contributed by atoms with Crippen molar-refractivity contribution in [2.75, 3.05) is 31.6 Å². The molecule has 0 atom stereocenters. The topological polar surface area (TPSA) is 41.1 Å². The lowest BCUT2D eigenvalue weighted by atomic mass is 9.97. The van der Waals surface area contributed by atoms with E-state index in [2.05, 4.69) is 40.1 Å². The first-order chi connectivity index (χ1) is 8.72. The first kappa shape index (κ1) is 13.3. The van der Waals surface area contributed by atoms with Gasteiger partial charge < -0.3 is 10.2 Å². The van der Waals surface area contributed by atoms with Gasteiger partial charge in [-0.15, -0.1) is 0 Å². The van der Waals surface area contributed by atoms with E-state index in [1.807, 2.05) is 7.05 Å². The summed E-state index contributed by atoms with van der Waals surface area (Å²) in [5.74, 6) is 2.89. The Morgan fingerprint density at radius 2 is 2.06 bits per heavy atom. The van der Waals surface area contributed by atoms with Crippen LogP contribution in [0.5, 0.6) is 0 Å². The summed E-state index contributed by atoms with van der Waals surface area (Å²) in [5.41, 5.74) is 1.08. The molecule has 0 amide bonds. The summed E-state index contributed by atoms with van der Waals surface area (Å²) in [6, 6.07) is 2.11. The third-order valence-corrected chi connectivity index (χ3v) is 3.63. The molecule has 0 unspecified atom stereocenters. The molecule has 0 bridgehead atoms. The highest BCUT2D eigenvalue weighted by atomic mass is 15.2. The molecule has 1 saturated heterocycles. The van der Waals surface area contributed by atoms with Gasteiger partial charge in [-0.2, -0.15) is 0 Å². The van der Waals surface area contributed by atoms with Crippen LogP contribution in [0.1, 0.15) is 31.3 Å². The second-order valence-electron chi connectivity index (χ2n) is 5.13. The molecule has 0 aliphatic carbocycles. The lowest BCUT2D eigenvalue weighted by molar-refractivity contribution is 0.392. The molecule has 1 fully saturated rings. The van der Waals surface area contributed by atoms with Gasteiger partial charge in [0.15, 0.2) is 0 Å². The largest absolute Gasteiger partial charge is 0.356 e. The van der Waals surface area contributed by atoms with E-state index in [0.717, 1.165) is 49.3 Å². The first-order valence-electron chi connectivity index (χ1n) is 6.97. The molecule has 2 heterocycles. The number of aryl methyl sites for hydroxylation is 2. The van der Waals surface area contributed by atoms with Gasteiger partial charge in [-0.1, -0.05) is 6.92 Å². The van der Waals surface area contributed by atoms with E-state index >= 15 is 0 Å². The molecule has 0 spiro atoms. The normalized spacial score (nSPS) is 17.2. The van der Waals surface area contributed by atoms with Crippen LogP contribution in [0, 0.1) is 12.8 Å². The quantitative estimate of drug-likeness (QED) is 0.882. The molecule has 1 aromatic rings. The van der Waals surface area contributed by atoms with Crippen LogP contribution >= 0.6 is 0 Å². The Bertz CT molecular complexity index is 383. The van der Waals surface area contributed by atoms with Crippen molar-refractivity contribution in [1.29, 1.82) is 0 Å². The smallest absolute Gasteiger partial charge is 0.132 e. The molecule has 2 rings (SSSR count). The van der Waals surface area contributed by atoms with Gasteiger partial charge in [0.1, 0.15) is 11.6 Å². The number of rotatable bonds is 4. The molecular formula is C14H24N4. The first-order valence-corrected chi connectivity index (χ1v) is 6.97. The maximum absolute atomic E-state index is 4.65. The van der Waals surface area contributed by atoms with Crippen LogP contribution in [0.15, 0.2) is 6.07 Å². The maximum Gasteiger partial charge on any atom is 0.132 e. The fourth-order valence-corrected chi connectivity index (χ4v) is 2.59. The molecular weight excluding hydrogens is 224 g/mol. The Balaban J connectivity index is 2.02. The van der Waals surface area contributed by atoms with Gasteiger partial charge in [0, 0.05) is 31.3 Å². The molecule has 1 aliphatic heterocycles. The van der Waals surface area contributed by atoms with Gasteiger partial charge in [-0.3, -0.25) is 0 Å². The van der Waals surface area contributed by atoms with Crippen molar-refractivity contribution in [3.05, 3.63) is 17.6 Å². The van der Waals surface area contributed by atoms with Crippen molar-refractivity contribution in [3.8, 4) is 0 Å². The predicted molar refractivity (Wildman–Crippen MR) is 75.0 cm³/mol. The molecule has 4 nitrogen and oxygen atoms in total. The minimum Gasteiger partial charge on any atom is -0.356 e. The van der Waals surface area contributed by atoms with Gasteiger partial charge in [-0.05, 0) is 39.3 Å². The summed E-state index contributed by atoms with van der Waals surface area (Å²) >= 11 is 0. The van der Waals surface area contributed by atoms with E-state index in [1.165, 1.54) is 12.8 Å². The highest BCUT2D eigenvalue weighted by Gasteiger charge is 2.20. The average molecular weight is 248 g/mol. The summed E-state index contributed by atoms with van der Waals surface area (Å²) in [5, 5.41) is 3.28. The number of anilines is 1. The fourth-order valence-electron chi connectivity index (χ4n) is 2.59. The molecule has 0 saturated carbocycles. The van der Waals surface area contributed by atoms with E-state index in [-0.39, 0.29) is 0 Å². The number of hydrogen-bond donors (Lipinski definition) is 1. The van der Waals surface area contributed by atoms with Gasteiger partial charge in [0.05, 0.1) is 0 Å². The Hall–Kier alpha value is -1.16. The molecule has 0 aromatic carbocycles. The fraction of sp³-hybridized carbons (Fsp3) is 0.714. The van der Waals surface area contributed by atoms with E-state index in [4.69, 9.17) is 0 Å². The van der Waals surface area contributed by atoms with Crippen molar-refractivity contribution in [2.24, 2.45) is 5.92 Å². The summed E-state index contributed by atoms with van der Waals surface area (Å²) in [6.07, 6.45) is 3.42. The molecule has 1 N–H and O–H groups in total. The summed E-state index contributed by atoms with van der Waals surface area (Å²) < 4.78 is 0. The van der Waals surface area contributed by atoms with Gasteiger partial charge >= 0.3 is 0 Å². The minimum absolute atomic E-state index is 0.819. The maximum atomic E-state index is 4.65. The standard InChI is InChI=1S/C14H24N4/c1-4-13-16-11(2)9-14(17-13)18-7-5-12(6-8-18)10-15-3/h9,12,15H,4-8,10H2,1-3H3. The summed E-state index contributed by atoms with van der Waals surface area (Å²) in [4.78, 5) is 11.5. The van der Waals surface area contributed by atoms with Crippen molar-refractivity contribution < 1.29 is 0 Å². The summed E-state index contributed by atoms with van der Waals surface area (Å²) in [6.45, 7) is 7.53. The van der Waals surface area contributed by atoms with Crippen LogP contribution in [0.4, 0.5) is 5.82 Å². The molecule has 1 aromatic heterocycles. The molecule has 18 heavy (non-hydrogen) atoms. The van der Waals surface area contributed by atoms with Crippen LogP contribution in [0.2, 0.25) is 0 Å². The highest BCUT2D eigenvalue weighted by Crippen LogP contribution is 2.22. The molecule has 4 heteroatoms. The zero-order chi connectivity index (χ0) is 13.0. The lowest BCUT2D eigenvalue weighted by Gasteiger charge is -2.33. The second-order valence-corrected chi connectivity index (χ2v) is 5.13. The monoisotopic (exact) mass is 248 g/mol.